The number of piperidine rings is 1. The zero-order chi connectivity index (χ0) is 17.9. The van der Waals surface area contributed by atoms with Crippen molar-refractivity contribution in [2.24, 2.45) is 0 Å². The molecule has 25 heavy (non-hydrogen) atoms. The summed E-state index contributed by atoms with van der Waals surface area (Å²) in [7, 11) is -3.70. The molecule has 138 valence electrons. The molecule has 2 aliphatic rings. The highest BCUT2D eigenvalue weighted by molar-refractivity contribution is 7.89. The van der Waals surface area contributed by atoms with Gasteiger partial charge in [0, 0.05) is 26.2 Å². The molecular weight excluding hydrogens is 347 g/mol. The second-order valence-corrected chi connectivity index (χ2v) is 8.39. The number of rotatable bonds is 5. The van der Waals surface area contributed by atoms with Crippen LogP contribution in [-0.4, -0.2) is 51.0 Å². The minimum atomic E-state index is -3.70. The number of halogens is 1. The van der Waals surface area contributed by atoms with Crippen LogP contribution in [0.2, 0.25) is 0 Å². The summed E-state index contributed by atoms with van der Waals surface area (Å²) in [5.74, 6) is -1.36. The van der Waals surface area contributed by atoms with Crippen molar-refractivity contribution in [1.29, 1.82) is 0 Å². The van der Waals surface area contributed by atoms with Gasteiger partial charge in [-0.1, -0.05) is 6.42 Å². The van der Waals surface area contributed by atoms with Gasteiger partial charge in [-0.05, 0) is 43.9 Å². The zero-order valence-electron chi connectivity index (χ0n) is 14.0. The van der Waals surface area contributed by atoms with Gasteiger partial charge in [-0.2, -0.15) is 4.31 Å². The van der Waals surface area contributed by atoms with Crippen molar-refractivity contribution >= 4 is 15.9 Å². The molecule has 1 aromatic carbocycles. The second kappa shape index (κ2) is 7.80. The van der Waals surface area contributed by atoms with Crippen molar-refractivity contribution in [3.8, 4) is 0 Å². The third kappa shape index (κ3) is 4.19. The van der Waals surface area contributed by atoms with E-state index in [-0.39, 0.29) is 16.6 Å². The minimum absolute atomic E-state index is 0.0435. The smallest absolute Gasteiger partial charge is 0.254 e. The summed E-state index contributed by atoms with van der Waals surface area (Å²) >= 11 is 0. The number of hydrogen-bond acceptors (Lipinski definition) is 4. The Morgan fingerprint density at radius 3 is 2.68 bits per heavy atom. The van der Waals surface area contributed by atoms with Crippen LogP contribution >= 0.6 is 0 Å². The molecule has 0 radical (unpaired) electrons. The van der Waals surface area contributed by atoms with Crippen LogP contribution in [0.5, 0.6) is 0 Å². The van der Waals surface area contributed by atoms with Crippen LogP contribution in [0.1, 0.15) is 42.5 Å². The predicted molar refractivity (Wildman–Crippen MR) is 90.3 cm³/mol. The molecule has 1 aromatic rings. The highest BCUT2D eigenvalue weighted by Crippen LogP contribution is 2.22. The Hall–Kier alpha value is -1.51. The number of amides is 1. The molecule has 0 aliphatic carbocycles. The molecule has 0 saturated carbocycles. The maximum atomic E-state index is 14.1. The number of sulfonamides is 1. The first-order valence-electron chi connectivity index (χ1n) is 8.68. The molecule has 0 spiro atoms. The van der Waals surface area contributed by atoms with Gasteiger partial charge < -0.3 is 10.1 Å². The Morgan fingerprint density at radius 1 is 1.24 bits per heavy atom. The van der Waals surface area contributed by atoms with Crippen LogP contribution in [0.4, 0.5) is 4.39 Å². The molecule has 8 heteroatoms. The van der Waals surface area contributed by atoms with Gasteiger partial charge in [0.15, 0.2) is 0 Å². The van der Waals surface area contributed by atoms with Gasteiger partial charge in [0.2, 0.25) is 10.0 Å². The summed E-state index contributed by atoms with van der Waals surface area (Å²) in [6.45, 7) is 1.88. The number of carbonyl (C=O) groups excluding carboxylic acids is 1. The fourth-order valence-electron chi connectivity index (χ4n) is 3.20. The van der Waals surface area contributed by atoms with Gasteiger partial charge in [-0.25, -0.2) is 12.8 Å². The Labute approximate surface area is 147 Å². The van der Waals surface area contributed by atoms with Crippen molar-refractivity contribution in [3.05, 3.63) is 29.6 Å². The molecule has 0 bridgehead atoms. The molecule has 1 unspecified atom stereocenters. The number of carbonyl (C=O) groups is 1. The molecule has 1 amide bonds. The summed E-state index contributed by atoms with van der Waals surface area (Å²) in [6, 6.07) is 3.39. The highest BCUT2D eigenvalue weighted by atomic mass is 32.2. The molecular formula is C17H23FN2O4S. The first-order chi connectivity index (χ1) is 12.0. The lowest BCUT2D eigenvalue weighted by Gasteiger charge is -2.26. The fraction of sp³-hybridized carbons (Fsp3) is 0.588. The van der Waals surface area contributed by atoms with Crippen LogP contribution in [0, 0.1) is 5.82 Å². The number of hydrogen-bond donors (Lipinski definition) is 1. The highest BCUT2D eigenvalue weighted by Gasteiger charge is 2.27. The van der Waals surface area contributed by atoms with Crippen LogP contribution in [0.3, 0.4) is 0 Å². The van der Waals surface area contributed by atoms with E-state index in [2.05, 4.69) is 5.32 Å². The lowest BCUT2D eigenvalue weighted by atomic mass is 10.2. The third-order valence-corrected chi connectivity index (χ3v) is 6.54. The third-order valence-electron chi connectivity index (χ3n) is 4.65. The summed E-state index contributed by atoms with van der Waals surface area (Å²) in [6.07, 6.45) is 4.37. The molecule has 2 fully saturated rings. The van der Waals surface area contributed by atoms with E-state index in [4.69, 9.17) is 4.74 Å². The Kier molecular flexibility index (Phi) is 5.71. The molecule has 3 rings (SSSR count). The lowest BCUT2D eigenvalue weighted by molar-refractivity contribution is 0.0854. The van der Waals surface area contributed by atoms with E-state index >= 15 is 0 Å². The van der Waals surface area contributed by atoms with Crippen molar-refractivity contribution in [3.63, 3.8) is 0 Å². The van der Waals surface area contributed by atoms with E-state index in [1.165, 1.54) is 10.4 Å². The number of nitrogens with zero attached hydrogens (tertiary/aromatic N) is 1. The average molecular weight is 370 g/mol. The monoisotopic (exact) mass is 370 g/mol. The zero-order valence-corrected chi connectivity index (χ0v) is 14.9. The van der Waals surface area contributed by atoms with Crippen molar-refractivity contribution in [1.82, 2.24) is 9.62 Å². The van der Waals surface area contributed by atoms with E-state index in [1.54, 1.807) is 0 Å². The summed E-state index contributed by atoms with van der Waals surface area (Å²) in [5, 5.41) is 2.63. The van der Waals surface area contributed by atoms with E-state index in [0.717, 1.165) is 44.2 Å². The molecule has 6 nitrogen and oxygen atoms in total. The largest absolute Gasteiger partial charge is 0.376 e. The topological polar surface area (TPSA) is 75.7 Å². The van der Waals surface area contributed by atoms with Crippen LogP contribution in [0.25, 0.3) is 0 Å². The van der Waals surface area contributed by atoms with Gasteiger partial charge in [-0.3, -0.25) is 4.79 Å². The molecule has 1 N–H and O–H groups in total. The van der Waals surface area contributed by atoms with Crippen molar-refractivity contribution in [2.45, 2.75) is 43.1 Å². The summed E-state index contributed by atoms with van der Waals surface area (Å²) in [4.78, 5) is 12.2. The van der Waals surface area contributed by atoms with Crippen molar-refractivity contribution in [2.75, 3.05) is 26.2 Å². The van der Waals surface area contributed by atoms with Gasteiger partial charge in [0.05, 0.1) is 16.6 Å². The Bertz CT molecular complexity index is 726. The van der Waals surface area contributed by atoms with Gasteiger partial charge in [-0.15, -0.1) is 0 Å². The van der Waals surface area contributed by atoms with E-state index in [9.17, 15) is 17.6 Å². The average Bonchev–Trinajstić information content (AvgIpc) is 3.14. The van der Waals surface area contributed by atoms with Gasteiger partial charge in [0.25, 0.3) is 5.91 Å². The van der Waals surface area contributed by atoms with Crippen LogP contribution in [0.15, 0.2) is 23.1 Å². The summed E-state index contributed by atoms with van der Waals surface area (Å²) in [5.41, 5.74) is -0.254. The summed E-state index contributed by atoms with van der Waals surface area (Å²) < 4.78 is 46.3. The number of nitrogens with one attached hydrogen (secondary N) is 1. The molecule has 1 atom stereocenters. The molecule has 2 saturated heterocycles. The number of benzene rings is 1. The predicted octanol–water partition coefficient (Wildman–Crippen LogP) is 1.91. The van der Waals surface area contributed by atoms with E-state index in [0.29, 0.717) is 26.2 Å². The van der Waals surface area contributed by atoms with E-state index in [1.807, 2.05) is 0 Å². The molecule has 2 heterocycles. The maximum Gasteiger partial charge on any atom is 0.254 e. The standard InChI is InChI=1S/C17H23FN2O4S/c18-16-7-6-14(25(22,23)20-8-2-1-3-9-20)11-15(16)17(21)19-12-13-5-4-10-24-13/h6-7,11,13H,1-5,8-10,12H2,(H,19,21). The second-order valence-electron chi connectivity index (χ2n) is 6.45. The maximum absolute atomic E-state index is 14.1. The van der Waals surface area contributed by atoms with E-state index < -0.39 is 21.7 Å². The van der Waals surface area contributed by atoms with Crippen LogP contribution < -0.4 is 5.32 Å². The first kappa shape index (κ1) is 18.3. The number of ether oxygens (including phenoxy) is 1. The lowest BCUT2D eigenvalue weighted by Crippen LogP contribution is -2.36. The SMILES string of the molecule is O=C(NCC1CCCO1)c1cc(S(=O)(=O)N2CCCCC2)ccc1F. The fourth-order valence-corrected chi connectivity index (χ4v) is 4.74. The normalized spacial score (nSPS) is 22.0. The Balaban J connectivity index is 1.76. The Morgan fingerprint density at radius 2 is 2.00 bits per heavy atom. The quantitative estimate of drug-likeness (QED) is 0.859. The molecule has 2 aliphatic heterocycles. The first-order valence-corrected chi connectivity index (χ1v) is 10.1. The van der Waals surface area contributed by atoms with Crippen molar-refractivity contribution < 1.29 is 22.3 Å². The minimum Gasteiger partial charge on any atom is -0.376 e. The van der Waals surface area contributed by atoms with Gasteiger partial charge in [0.1, 0.15) is 5.82 Å². The molecule has 0 aromatic heterocycles. The van der Waals surface area contributed by atoms with Gasteiger partial charge >= 0.3 is 0 Å². The van der Waals surface area contributed by atoms with Crippen LogP contribution in [-0.2, 0) is 14.8 Å².